The van der Waals surface area contributed by atoms with Gasteiger partial charge in [-0.1, -0.05) is 6.08 Å². The molecule has 0 saturated carbocycles. The van der Waals surface area contributed by atoms with Gasteiger partial charge in [-0.05, 0) is 32.7 Å². The predicted octanol–water partition coefficient (Wildman–Crippen LogP) is 0.524. The van der Waals surface area contributed by atoms with Gasteiger partial charge in [0.05, 0.1) is 12.6 Å². The van der Waals surface area contributed by atoms with Crippen LogP contribution >= 0.6 is 0 Å². The van der Waals surface area contributed by atoms with E-state index in [1.807, 2.05) is 0 Å². The van der Waals surface area contributed by atoms with E-state index in [1.165, 1.54) is 0 Å². The summed E-state index contributed by atoms with van der Waals surface area (Å²) in [6, 6.07) is 0.356. The number of hydrogen-bond acceptors (Lipinski definition) is 3. The number of nitrogens with one attached hydrogen (secondary N) is 1. The summed E-state index contributed by atoms with van der Waals surface area (Å²) in [7, 11) is 0. The molecule has 2 atom stereocenters. The normalized spacial score (nSPS) is 23.0. The molecule has 1 rings (SSSR count). The summed E-state index contributed by atoms with van der Waals surface area (Å²) < 4.78 is 0. The monoisotopic (exact) mass is 226 g/mol. The number of carbonyl (C=O) groups excluding carboxylic acids is 1. The molecule has 0 aliphatic carbocycles. The average molecular weight is 226 g/mol. The third-order valence-corrected chi connectivity index (χ3v) is 2.90. The molecule has 1 fully saturated rings. The van der Waals surface area contributed by atoms with Crippen molar-refractivity contribution in [2.75, 3.05) is 19.6 Å². The zero-order valence-electron chi connectivity index (χ0n) is 9.98. The van der Waals surface area contributed by atoms with Crippen molar-refractivity contribution in [3.8, 4) is 0 Å². The summed E-state index contributed by atoms with van der Waals surface area (Å²) in [5.74, 6) is 0.0393. The predicted molar refractivity (Wildman–Crippen MR) is 64.1 cm³/mol. The van der Waals surface area contributed by atoms with Crippen molar-refractivity contribution >= 4 is 5.91 Å². The van der Waals surface area contributed by atoms with Crippen LogP contribution in [0.4, 0.5) is 0 Å². The maximum atomic E-state index is 11.5. The van der Waals surface area contributed by atoms with Crippen LogP contribution < -0.4 is 5.32 Å². The van der Waals surface area contributed by atoms with Crippen LogP contribution in [0.15, 0.2) is 12.7 Å². The van der Waals surface area contributed by atoms with Gasteiger partial charge >= 0.3 is 0 Å². The molecule has 2 unspecified atom stereocenters. The standard InChI is InChI=1S/C12H22N2O2/c1-3-6-13-12(16)9-14-7-4-5-11(14)8-10(2)15/h3,10-11,15H,1,4-9H2,2H3,(H,13,16). The topological polar surface area (TPSA) is 52.6 Å². The van der Waals surface area contributed by atoms with Gasteiger partial charge in [0, 0.05) is 12.6 Å². The highest BCUT2D eigenvalue weighted by atomic mass is 16.3. The molecule has 0 radical (unpaired) electrons. The first-order valence-corrected chi connectivity index (χ1v) is 5.93. The molecule has 16 heavy (non-hydrogen) atoms. The van der Waals surface area contributed by atoms with E-state index in [2.05, 4.69) is 16.8 Å². The van der Waals surface area contributed by atoms with E-state index in [0.29, 0.717) is 19.1 Å². The summed E-state index contributed by atoms with van der Waals surface area (Å²) in [5, 5.41) is 12.1. The van der Waals surface area contributed by atoms with Crippen LogP contribution in [0.1, 0.15) is 26.2 Å². The maximum absolute atomic E-state index is 11.5. The Morgan fingerprint density at radius 2 is 2.50 bits per heavy atom. The molecule has 0 aromatic rings. The van der Waals surface area contributed by atoms with Gasteiger partial charge in [-0.25, -0.2) is 0 Å². The lowest BCUT2D eigenvalue weighted by Crippen LogP contribution is -2.40. The molecule has 0 spiro atoms. The molecule has 4 nitrogen and oxygen atoms in total. The van der Waals surface area contributed by atoms with Gasteiger partial charge in [0.15, 0.2) is 0 Å². The largest absolute Gasteiger partial charge is 0.393 e. The molecule has 0 bridgehead atoms. The summed E-state index contributed by atoms with van der Waals surface area (Å²) in [4.78, 5) is 13.7. The van der Waals surface area contributed by atoms with E-state index >= 15 is 0 Å². The zero-order valence-corrected chi connectivity index (χ0v) is 9.98. The van der Waals surface area contributed by atoms with Crippen molar-refractivity contribution in [2.45, 2.75) is 38.3 Å². The molecule has 1 aliphatic heterocycles. The van der Waals surface area contributed by atoms with Crippen LogP contribution in [0.5, 0.6) is 0 Å². The van der Waals surface area contributed by atoms with Crippen LogP contribution in [0.3, 0.4) is 0 Å². The highest BCUT2D eigenvalue weighted by Crippen LogP contribution is 2.20. The fourth-order valence-corrected chi connectivity index (χ4v) is 2.19. The molecule has 2 N–H and O–H groups in total. The minimum Gasteiger partial charge on any atom is -0.393 e. The third-order valence-electron chi connectivity index (χ3n) is 2.90. The summed E-state index contributed by atoms with van der Waals surface area (Å²) in [6.45, 7) is 7.27. The number of amides is 1. The highest BCUT2D eigenvalue weighted by Gasteiger charge is 2.26. The number of nitrogens with zero attached hydrogens (tertiary/aromatic N) is 1. The Bertz CT molecular complexity index is 241. The molecule has 92 valence electrons. The summed E-state index contributed by atoms with van der Waals surface area (Å²) >= 11 is 0. The van der Waals surface area contributed by atoms with Crippen molar-refractivity contribution in [1.82, 2.24) is 10.2 Å². The zero-order chi connectivity index (χ0) is 12.0. The molecular weight excluding hydrogens is 204 g/mol. The van der Waals surface area contributed by atoms with Gasteiger partial charge in [0.2, 0.25) is 5.91 Å². The number of likely N-dealkylation sites (tertiary alicyclic amines) is 1. The Morgan fingerprint density at radius 1 is 1.75 bits per heavy atom. The Labute approximate surface area is 97.3 Å². The molecule has 1 heterocycles. The Kier molecular flexibility index (Phi) is 5.49. The smallest absolute Gasteiger partial charge is 0.234 e. The Morgan fingerprint density at radius 3 is 3.12 bits per heavy atom. The molecule has 4 heteroatoms. The van der Waals surface area contributed by atoms with E-state index in [9.17, 15) is 9.90 Å². The fourth-order valence-electron chi connectivity index (χ4n) is 2.19. The molecule has 0 aromatic heterocycles. The number of rotatable bonds is 6. The van der Waals surface area contributed by atoms with Gasteiger partial charge in [-0.2, -0.15) is 0 Å². The van der Waals surface area contributed by atoms with Crippen LogP contribution in [-0.4, -0.2) is 47.7 Å². The number of aliphatic hydroxyl groups excluding tert-OH is 1. The van der Waals surface area contributed by atoms with Crippen LogP contribution in [0.2, 0.25) is 0 Å². The highest BCUT2D eigenvalue weighted by molar-refractivity contribution is 5.78. The van der Waals surface area contributed by atoms with Crippen molar-refractivity contribution in [3.05, 3.63) is 12.7 Å². The maximum Gasteiger partial charge on any atom is 0.234 e. The minimum atomic E-state index is -0.290. The lowest BCUT2D eigenvalue weighted by atomic mass is 10.1. The van der Waals surface area contributed by atoms with Crippen molar-refractivity contribution < 1.29 is 9.90 Å². The van der Waals surface area contributed by atoms with E-state index < -0.39 is 0 Å². The van der Waals surface area contributed by atoms with Gasteiger partial charge in [-0.3, -0.25) is 9.69 Å². The average Bonchev–Trinajstić information content (AvgIpc) is 2.62. The van der Waals surface area contributed by atoms with Crippen molar-refractivity contribution in [2.24, 2.45) is 0 Å². The molecule has 1 amide bonds. The quantitative estimate of drug-likeness (QED) is 0.649. The van der Waals surface area contributed by atoms with E-state index in [4.69, 9.17) is 0 Å². The van der Waals surface area contributed by atoms with Gasteiger partial charge in [-0.15, -0.1) is 6.58 Å². The molecular formula is C12H22N2O2. The number of hydrogen-bond donors (Lipinski definition) is 2. The lowest BCUT2D eigenvalue weighted by molar-refractivity contribution is -0.122. The number of aliphatic hydroxyl groups is 1. The molecule has 1 aliphatic rings. The van der Waals surface area contributed by atoms with Crippen molar-refractivity contribution in [1.29, 1.82) is 0 Å². The van der Waals surface area contributed by atoms with E-state index in [0.717, 1.165) is 25.8 Å². The van der Waals surface area contributed by atoms with Crippen LogP contribution in [-0.2, 0) is 4.79 Å². The Balaban J connectivity index is 2.34. The van der Waals surface area contributed by atoms with E-state index in [1.54, 1.807) is 13.0 Å². The lowest BCUT2D eigenvalue weighted by Gasteiger charge is -2.24. The first-order valence-electron chi connectivity index (χ1n) is 5.93. The Hall–Kier alpha value is -0.870. The SMILES string of the molecule is C=CCNC(=O)CN1CCCC1CC(C)O. The second kappa shape index (κ2) is 6.66. The first kappa shape index (κ1) is 13.2. The van der Waals surface area contributed by atoms with Gasteiger partial charge < -0.3 is 10.4 Å². The summed E-state index contributed by atoms with van der Waals surface area (Å²) in [6.07, 6.45) is 4.34. The first-order chi connectivity index (χ1) is 7.63. The fraction of sp³-hybridized carbons (Fsp3) is 0.750. The van der Waals surface area contributed by atoms with Gasteiger partial charge in [0.25, 0.3) is 0 Å². The van der Waals surface area contributed by atoms with E-state index in [-0.39, 0.29) is 12.0 Å². The van der Waals surface area contributed by atoms with Crippen molar-refractivity contribution in [3.63, 3.8) is 0 Å². The molecule has 1 saturated heterocycles. The minimum absolute atomic E-state index is 0.0393. The molecule has 0 aromatic carbocycles. The number of carbonyl (C=O) groups is 1. The third kappa shape index (κ3) is 4.33. The second-order valence-electron chi connectivity index (χ2n) is 4.44. The van der Waals surface area contributed by atoms with Crippen LogP contribution in [0.25, 0.3) is 0 Å². The summed E-state index contributed by atoms with van der Waals surface area (Å²) in [5.41, 5.74) is 0. The second-order valence-corrected chi connectivity index (χ2v) is 4.44. The van der Waals surface area contributed by atoms with Gasteiger partial charge in [0.1, 0.15) is 0 Å². The van der Waals surface area contributed by atoms with Crippen LogP contribution in [0, 0.1) is 0 Å².